The first-order chi connectivity index (χ1) is 20.6. The maximum absolute atomic E-state index is 12.8. The molecular formula is C36H52N4O3. The van der Waals surface area contributed by atoms with Gasteiger partial charge in [0.1, 0.15) is 12.1 Å². The van der Waals surface area contributed by atoms with E-state index in [0.717, 1.165) is 61.5 Å². The summed E-state index contributed by atoms with van der Waals surface area (Å²) in [4.78, 5) is 29.3. The highest BCUT2D eigenvalue weighted by atomic mass is 16.5. The summed E-state index contributed by atoms with van der Waals surface area (Å²) < 4.78 is 7.06. The fraction of sp³-hybridized carbons (Fsp3) is 0.750. The van der Waals surface area contributed by atoms with Gasteiger partial charge >= 0.3 is 0 Å². The van der Waals surface area contributed by atoms with Gasteiger partial charge < -0.3 is 15.4 Å². The molecule has 11 atom stereocenters. The molecule has 2 saturated heterocycles. The molecule has 6 aliphatic rings. The van der Waals surface area contributed by atoms with Crippen molar-refractivity contribution in [2.24, 2.45) is 46.3 Å². The normalized spacial score (nSPS) is 44.9. The standard InChI is InChI=1S/C36H52N4O3/c1-22-9-14-36(39-19-22)23(2)33-30(43-36)17-29-27-8-7-25-16-26(10-12-34(25,3)28(27)11-13-35(29,33)4)40-32(42)18-31(41)38-21-24-6-5-15-37-20-24/h5-7,15,20,22-23,26-30,33,39H,8-14,16-19,21H2,1-4H3,(H,38,41)(H,40,42)/t22-,23+,26+,27-,28+,29+,30+,33+,34+,35+,36-/m1/s1. The van der Waals surface area contributed by atoms with Crippen LogP contribution in [0.25, 0.3) is 0 Å². The Hall–Kier alpha value is -2.25. The predicted molar refractivity (Wildman–Crippen MR) is 166 cm³/mol. The molecule has 0 radical (unpaired) electrons. The predicted octanol–water partition coefficient (Wildman–Crippen LogP) is 5.51. The number of nitrogens with one attached hydrogen (secondary N) is 3. The summed E-state index contributed by atoms with van der Waals surface area (Å²) in [6.07, 6.45) is 16.8. The average molecular weight is 589 g/mol. The van der Waals surface area contributed by atoms with Crippen LogP contribution in [0.2, 0.25) is 0 Å². The molecule has 2 amide bonds. The number of allylic oxidation sites excluding steroid dienone is 1. The van der Waals surface area contributed by atoms with Crippen molar-refractivity contribution in [3.63, 3.8) is 0 Å². The monoisotopic (exact) mass is 588 g/mol. The lowest BCUT2D eigenvalue weighted by Crippen LogP contribution is -2.57. The van der Waals surface area contributed by atoms with Gasteiger partial charge in [0, 0.05) is 37.4 Å². The lowest BCUT2D eigenvalue weighted by atomic mass is 9.46. The summed E-state index contributed by atoms with van der Waals surface area (Å²) in [6, 6.07) is 3.88. The number of aromatic nitrogens is 1. The van der Waals surface area contributed by atoms with Gasteiger partial charge in [-0.2, -0.15) is 0 Å². The molecule has 5 fully saturated rings. The van der Waals surface area contributed by atoms with E-state index in [1.54, 1.807) is 18.0 Å². The number of rotatable bonds is 5. The van der Waals surface area contributed by atoms with Crippen LogP contribution in [0, 0.1) is 46.3 Å². The Morgan fingerprint density at radius 3 is 2.72 bits per heavy atom. The van der Waals surface area contributed by atoms with E-state index in [0.29, 0.717) is 29.9 Å². The summed E-state index contributed by atoms with van der Waals surface area (Å²) >= 11 is 0. The molecule has 1 spiro atoms. The quantitative estimate of drug-likeness (QED) is 0.312. The highest BCUT2D eigenvalue weighted by molar-refractivity contribution is 5.96. The van der Waals surface area contributed by atoms with Crippen LogP contribution in [-0.4, -0.2) is 41.2 Å². The minimum Gasteiger partial charge on any atom is -0.357 e. The maximum Gasteiger partial charge on any atom is 0.229 e. The van der Waals surface area contributed by atoms with Crippen LogP contribution in [-0.2, 0) is 20.9 Å². The number of amides is 2. The van der Waals surface area contributed by atoms with Gasteiger partial charge in [0.15, 0.2) is 0 Å². The molecule has 3 N–H and O–H groups in total. The zero-order valence-corrected chi connectivity index (χ0v) is 26.7. The van der Waals surface area contributed by atoms with Crippen LogP contribution in [0.3, 0.4) is 0 Å². The molecule has 7 rings (SSSR count). The van der Waals surface area contributed by atoms with Gasteiger partial charge in [-0.3, -0.25) is 19.9 Å². The van der Waals surface area contributed by atoms with Crippen molar-refractivity contribution in [3.05, 3.63) is 41.7 Å². The van der Waals surface area contributed by atoms with E-state index in [1.807, 2.05) is 12.1 Å². The van der Waals surface area contributed by atoms with Crippen molar-refractivity contribution < 1.29 is 14.3 Å². The van der Waals surface area contributed by atoms with Crippen molar-refractivity contribution in [1.29, 1.82) is 0 Å². The molecule has 3 saturated carbocycles. The minimum atomic E-state index is -0.244. The third-order valence-corrected chi connectivity index (χ3v) is 13.5. The molecule has 4 aliphatic carbocycles. The summed E-state index contributed by atoms with van der Waals surface area (Å²) in [6.45, 7) is 11.5. The Balaban J connectivity index is 0.975. The van der Waals surface area contributed by atoms with Crippen LogP contribution >= 0.6 is 0 Å². The molecule has 0 aromatic carbocycles. The number of carbonyl (C=O) groups excluding carboxylic acids is 2. The number of carbonyl (C=O) groups is 2. The molecule has 0 unspecified atom stereocenters. The summed E-state index contributed by atoms with van der Waals surface area (Å²) in [5.74, 6) is 3.74. The molecule has 234 valence electrons. The Kier molecular flexibility index (Phi) is 7.52. The topological polar surface area (TPSA) is 92.4 Å². The van der Waals surface area contributed by atoms with Crippen LogP contribution in [0.4, 0.5) is 0 Å². The van der Waals surface area contributed by atoms with E-state index in [1.165, 1.54) is 32.1 Å². The third kappa shape index (κ3) is 4.97. The Bertz CT molecular complexity index is 1260. The van der Waals surface area contributed by atoms with Crippen LogP contribution in [0.5, 0.6) is 0 Å². The largest absolute Gasteiger partial charge is 0.357 e. The fourth-order valence-corrected chi connectivity index (χ4v) is 11.2. The number of fused-ring (bicyclic) bond motifs is 7. The van der Waals surface area contributed by atoms with E-state index in [2.05, 4.69) is 54.7 Å². The van der Waals surface area contributed by atoms with Gasteiger partial charge in [0.25, 0.3) is 0 Å². The zero-order chi connectivity index (χ0) is 30.0. The summed E-state index contributed by atoms with van der Waals surface area (Å²) in [5.41, 5.74) is 2.97. The smallest absolute Gasteiger partial charge is 0.229 e. The van der Waals surface area contributed by atoms with Crippen molar-refractivity contribution in [3.8, 4) is 0 Å². The second-order valence-electron chi connectivity index (χ2n) is 15.7. The average Bonchev–Trinajstić information content (AvgIpc) is 3.44. The molecule has 1 aromatic heterocycles. The van der Waals surface area contributed by atoms with Crippen LogP contribution < -0.4 is 16.0 Å². The number of hydrogen-bond acceptors (Lipinski definition) is 5. The molecule has 1 aromatic rings. The van der Waals surface area contributed by atoms with E-state index in [9.17, 15) is 9.59 Å². The molecule has 7 heteroatoms. The molecule has 0 bridgehead atoms. The number of ether oxygens (including phenoxy) is 1. The van der Waals surface area contributed by atoms with Gasteiger partial charge in [-0.1, -0.05) is 45.4 Å². The van der Waals surface area contributed by atoms with Gasteiger partial charge in [-0.15, -0.1) is 0 Å². The third-order valence-electron chi connectivity index (χ3n) is 13.5. The van der Waals surface area contributed by atoms with E-state index in [-0.39, 0.29) is 35.4 Å². The fourth-order valence-electron chi connectivity index (χ4n) is 11.2. The zero-order valence-electron chi connectivity index (χ0n) is 26.7. The Morgan fingerprint density at radius 1 is 1.09 bits per heavy atom. The molecule has 43 heavy (non-hydrogen) atoms. The van der Waals surface area contributed by atoms with Crippen LogP contribution in [0.15, 0.2) is 36.2 Å². The Morgan fingerprint density at radius 2 is 1.95 bits per heavy atom. The van der Waals surface area contributed by atoms with E-state index >= 15 is 0 Å². The minimum absolute atomic E-state index is 0.0961. The Labute approximate surface area is 257 Å². The lowest BCUT2D eigenvalue weighted by molar-refractivity contribution is -0.130. The maximum atomic E-state index is 12.8. The summed E-state index contributed by atoms with van der Waals surface area (Å²) in [5, 5.41) is 9.93. The van der Waals surface area contributed by atoms with E-state index in [4.69, 9.17) is 4.74 Å². The van der Waals surface area contributed by atoms with Gasteiger partial charge in [-0.05, 0) is 110 Å². The molecule has 7 nitrogen and oxygen atoms in total. The SMILES string of the molecule is C[C@@H]1CC[C@@]2(NC1)O[C@H]1C[C@H]3[C@@H]4CC=C5C[C@@H](NC(=O)CC(=O)NCc6cccnc6)CC[C@]5(C)[C@H]4CC[C@]3(C)[C@H]1[C@@H]2C. The highest BCUT2D eigenvalue weighted by Gasteiger charge is 2.68. The summed E-state index contributed by atoms with van der Waals surface area (Å²) in [7, 11) is 0. The second kappa shape index (κ2) is 11.0. The van der Waals surface area contributed by atoms with Gasteiger partial charge in [0.05, 0.1) is 6.10 Å². The first-order valence-corrected chi connectivity index (χ1v) is 17.2. The number of piperidine rings is 1. The number of pyridine rings is 1. The number of nitrogens with zero attached hydrogens (tertiary/aromatic N) is 1. The highest BCUT2D eigenvalue weighted by Crippen LogP contribution is 2.70. The molecule has 3 heterocycles. The number of hydrogen-bond donors (Lipinski definition) is 3. The van der Waals surface area contributed by atoms with Crippen molar-refractivity contribution >= 4 is 11.8 Å². The van der Waals surface area contributed by atoms with E-state index < -0.39 is 0 Å². The first-order valence-electron chi connectivity index (χ1n) is 17.2. The molecular weight excluding hydrogens is 536 g/mol. The lowest BCUT2D eigenvalue weighted by Gasteiger charge is -2.58. The molecule has 2 aliphatic heterocycles. The second-order valence-corrected chi connectivity index (χ2v) is 15.7. The van der Waals surface area contributed by atoms with Crippen molar-refractivity contribution in [2.75, 3.05) is 6.54 Å². The van der Waals surface area contributed by atoms with Crippen molar-refractivity contribution in [1.82, 2.24) is 20.9 Å². The first kappa shape index (κ1) is 29.5. The van der Waals surface area contributed by atoms with Crippen molar-refractivity contribution in [2.45, 2.75) is 116 Å². The van der Waals surface area contributed by atoms with Gasteiger partial charge in [0.2, 0.25) is 11.8 Å². The van der Waals surface area contributed by atoms with Gasteiger partial charge in [-0.25, -0.2) is 0 Å². The van der Waals surface area contributed by atoms with Crippen LogP contribution in [0.1, 0.15) is 97.5 Å².